The minimum atomic E-state index is -4.34. The summed E-state index contributed by atoms with van der Waals surface area (Å²) in [6.07, 6.45) is -3.70. The summed E-state index contributed by atoms with van der Waals surface area (Å²) in [4.78, 5) is 15.5. The molecule has 0 spiro atoms. The van der Waals surface area contributed by atoms with Gasteiger partial charge in [-0.2, -0.15) is 13.2 Å². The van der Waals surface area contributed by atoms with Crippen LogP contribution in [0.5, 0.6) is 0 Å². The number of hydrogen-bond donors (Lipinski definition) is 0. The number of rotatable bonds is 2. The molecule has 2 nitrogen and oxygen atoms in total. The van der Waals surface area contributed by atoms with Gasteiger partial charge in [0.05, 0.1) is 5.56 Å². The molecule has 0 radical (unpaired) electrons. The molecule has 0 saturated heterocycles. The fourth-order valence-corrected chi connectivity index (χ4v) is 2.33. The number of alkyl halides is 3. The molecule has 1 heterocycles. The first kappa shape index (κ1) is 12.8. The van der Waals surface area contributed by atoms with Gasteiger partial charge in [0, 0.05) is 10.4 Å². The fraction of sp³-hybridized carbons (Fsp3) is 0.167. The van der Waals surface area contributed by atoms with Gasteiger partial charge in [0.2, 0.25) is 0 Å². The van der Waals surface area contributed by atoms with Crippen molar-refractivity contribution in [3.63, 3.8) is 0 Å². The normalized spacial score (nSPS) is 11.6. The lowest BCUT2D eigenvalue weighted by Crippen LogP contribution is -2.03. The zero-order valence-corrected chi connectivity index (χ0v) is 10.1. The highest BCUT2D eigenvalue weighted by molar-refractivity contribution is 7.15. The molecular formula is C12H8F3NOS. The number of carbonyl (C=O) groups is 1. The van der Waals surface area contributed by atoms with Gasteiger partial charge in [-0.3, -0.25) is 4.79 Å². The molecule has 6 heteroatoms. The molecule has 18 heavy (non-hydrogen) atoms. The summed E-state index contributed by atoms with van der Waals surface area (Å²) < 4.78 is 37.2. The van der Waals surface area contributed by atoms with E-state index < -0.39 is 11.7 Å². The zero-order chi connectivity index (χ0) is 13.3. The molecule has 0 aliphatic rings. The molecule has 0 atom stereocenters. The lowest BCUT2D eigenvalue weighted by molar-refractivity contribution is -0.137. The van der Waals surface area contributed by atoms with Gasteiger partial charge in [-0.1, -0.05) is 12.1 Å². The van der Waals surface area contributed by atoms with Crippen LogP contribution in [-0.4, -0.2) is 11.3 Å². The van der Waals surface area contributed by atoms with Gasteiger partial charge in [0.25, 0.3) is 0 Å². The van der Waals surface area contributed by atoms with Crippen molar-refractivity contribution in [1.29, 1.82) is 0 Å². The van der Waals surface area contributed by atoms with Crippen LogP contribution in [0.4, 0.5) is 13.2 Å². The Hall–Kier alpha value is -1.69. The molecule has 1 aromatic carbocycles. The maximum absolute atomic E-state index is 12.4. The molecule has 0 fully saturated rings. The number of carbonyl (C=O) groups excluding carboxylic acids is 1. The first-order valence-electron chi connectivity index (χ1n) is 5.02. The van der Waals surface area contributed by atoms with Crippen molar-refractivity contribution < 1.29 is 18.0 Å². The van der Waals surface area contributed by atoms with Crippen LogP contribution in [0.15, 0.2) is 24.3 Å². The topological polar surface area (TPSA) is 30.0 Å². The predicted octanol–water partition coefficient (Wildman–Crippen LogP) is 3.95. The van der Waals surface area contributed by atoms with E-state index >= 15 is 0 Å². The maximum Gasteiger partial charge on any atom is 0.416 e. The Kier molecular flexibility index (Phi) is 3.21. The zero-order valence-electron chi connectivity index (χ0n) is 9.28. The number of halogens is 3. The standard InChI is InChI=1S/C12H8F3NOS/c1-7-10(6-17)16-11(18-7)8-2-4-9(5-3-8)12(13,14)15/h2-6H,1H3. The van der Waals surface area contributed by atoms with Gasteiger partial charge in [-0.15, -0.1) is 11.3 Å². The number of hydrogen-bond acceptors (Lipinski definition) is 3. The Labute approximate surface area is 105 Å². The maximum atomic E-state index is 12.4. The molecule has 0 aliphatic heterocycles. The molecule has 0 bridgehead atoms. The van der Waals surface area contributed by atoms with Crippen molar-refractivity contribution in [3.8, 4) is 10.6 Å². The highest BCUT2D eigenvalue weighted by atomic mass is 32.1. The number of aldehydes is 1. The van der Waals surface area contributed by atoms with Crippen molar-refractivity contribution in [2.75, 3.05) is 0 Å². The summed E-state index contributed by atoms with van der Waals surface area (Å²) in [7, 11) is 0. The monoisotopic (exact) mass is 271 g/mol. The second kappa shape index (κ2) is 4.53. The highest BCUT2D eigenvalue weighted by Gasteiger charge is 2.30. The highest BCUT2D eigenvalue weighted by Crippen LogP contribution is 2.32. The molecular weight excluding hydrogens is 263 g/mol. The first-order chi connectivity index (χ1) is 8.41. The fourth-order valence-electron chi connectivity index (χ4n) is 1.44. The molecule has 2 aromatic rings. The van der Waals surface area contributed by atoms with E-state index in [2.05, 4.69) is 4.98 Å². The van der Waals surface area contributed by atoms with Crippen LogP contribution in [0.25, 0.3) is 10.6 Å². The largest absolute Gasteiger partial charge is 0.416 e. The summed E-state index contributed by atoms with van der Waals surface area (Å²) in [5, 5.41) is 0.545. The molecule has 0 unspecified atom stereocenters. The van der Waals surface area contributed by atoms with E-state index in [1.807, 2.05) is 0 Å². The Morgan fingerprint density at radius 1 is 1.22 bits per heavy atom. The van der Waals surface area contributed by atoms with Gasteiger partial charge in [0.1, 0.15) is 10.7 Å². The van der Waals surface area contributed by atoms with Crippen LogP contribution in [0.3, 0.4) is 0 Å². The third-order valence-corrected chi connectivity index (χ3v) is 3.44. The molecule has 0 aliphatic carbocycles. The Morgan fingerprint density at radius 2 is 1.83 bits per heavy atom. The molecule has 0 N–H and O–H groups in total. The third kappa shape index (κ3) is 2.43. The summed E-state index contributed by atoms with van der Waals surface area (Å²) in [5.74, 6) is 0. The van der Waals surface area contributed by atoms with Crippen molar-refractivity contribution in [2.45, 2.75) is 13.1 Å². The van der Waals surface area contributed by atoms with E-state index in [0.29, 0.717) is 22.6 Å². The first-order valence-corrected chi connectivity index (χ1v) is 5.83. The minimum Gasteiger partial charge on any atom is -0.296 e. The van der Waals surface area contributed by atoms with E-state index in [-0.39, 0.29) is 0 Å². The van der Waals surface area contributed by atoms with Crippen molar-refractivity contribution in [2.24, 2.45) is 0 Å². The quantitative estimate of drug-likeness (QED) is 0.774. The number of nitrogens with zero attached hydrogens (tertiary/aromatic N) is 1. The van der Waals surface area contributed by atoms with Gasteiger partial charge in [0.15, 0.2) is 6.29 Å². The Bertz CT molecular complexity index is 572. The van der Waals surface area contributed by atoms with E-state index in [0.717, 1.165) is 17.0 Å². The molecule has 2 rings (SSSR count). The summed E-state index contributed by atoms with van der Waals surface area (Å²) >= 11 is 1.28. The van der Waals surface area contributed by atoms with E-state index in [1.165, 1.54) is 23.5 Å². The lowest BCUT2D eigenvalue weighted by atomic mass is 10.1. The third-order valence-electron chi connectivity index (χ3n) is 2.40. The smallest absolute Gasteiger partial charge is 0.296 e. The Morgan fingerprint density at radius 3 is 2.28 bits per heavy atom. The second-order valence-corrected chi connectivity index (χ2v) is 4.86. The van der Waals surface area contributed by atoms with E-state index in [1.54, 1.807) is 6.92 Å². The minimum absolute atomic E-state index is 0.329. The molecule has 0 amide bonds. The van der Waals surface area contributed by atoms with Crippen LogP contribution in [-0.2, 0) is 6.18 Å². The second-order valence-electron chi connectivity index (χ2n) is 3.65. The molecule has 1 aromatic heterocycles. The number of benzene rings is 1. The van der Waals surface area contributed by atoms with Crippen molar-refractivity contribution in [1.82, 2.24) is 4.98 Å². The predicted molar refractivity (Wildman–Crippen MR) is 62.7 cm³/mol. The van der Waals surface area contributed by atoms with Gasteiger partial charge in [-0.05, 0) is 19.1 Å². The van der Waals surface area contributed by atoms with Crippen LogP contribution < -0.4 is 0 Å². The number of aryl methyl sites for hydroxylation is 1. The van der Waals surface area contributed by atoms with Crippen LogP contribution in [0.1, 0.15) is 20.9 Å². The van der Waals surface area contributed by atoms with Crippen molar-refractivity contribution >= 4 is 17.6 Å². The lowest BCUT2D eigenvalue weighted by Gasteiger charge is -2.06. The SMILES string of the molecule is Cc1sc(-c2ccc(C(F)(F)F)cc2)nc1C=O. The van der Waals surface area contributed by atoms with Crippen molar-refractivity contribution in [3.05, 3.63) is 40.4 Å². The van der Waals surface area contributed by atoms with Crippen LogP contribution in [0, 0.1) is 6.92 Å². The van der Waals surface area contributed by atoms with E-state index in [9.17, 15) is 18.0 Å². The summed E-state index contributed by atoms with van der Waals surface area (Å²) in [6, 6.07) is 4.73. The average molecular weight is 271 g/mol. The van der Waals surface area contributed by atoms with E-state index in [4.69, 9.17) is 0 Å². The van der Waals surface area contributed by atoms with Gasteiger partial charge in [-0.25, -0.2) is 4.98 Å². The molecule has 0 saturated carbocycles. The van der Waals surface area contributed by atoms with Gasteiger partial charge < -0.3 is 0 Å². The summed E-state index contributed by atoms with van der Waals surface area (Å²) in [5.41, 5.74) is 0.203. The number of aromatic nitrogens is 1. The van der Waals surface area contributed by atoms with Gasteiger partial charge >= 0.3 is 6.18 Å². The average Bonchev–Trinajstić information content (AvgIpc) is 2.69. The molecule has 94 valence electrons. The van der Waals surface area contributed by atoms with Crippen LogP contribution in [0.2, 0.25) is 0 Å². The summed E-state index contributed by atoms with van der Waals surface area (Å²) in [6.45, 7) is 1.75. The number of thiazole rings is 1. The van der Waals surface area contributed by atoms with Crippen LogP contribution >= 0.6 is 11.3 Å². The Balaban J connectivity index is 2.37.